The van der Waals surface area contributed by atoms with E-state index in [4.69, 9.17) is 9.47 Å². The van der Waals surface area contributed by atoms with Crippen LogP contribution in [-0.2, 0) is 16.0 Å². The lowest BCUT2D eigenvalue weighted by molar-refractivity contribution is -0.134. The highest BCUT2D eigenvalue weighted by Gasteiger charge is 2.26. The molecule has 0 bridgehead atoms. The first-order chi connectivity index (χ1) is 10.2. The molecule has 1 saturated heterocycles. The number of hydrogen-bond acceptors (Lipinski definition) is 3. The van der Waals surface area contributed by atoms with Gasteiger partial charge in [-0.2, -0.15) is 0 Å². The summed E-state index contributed by atoms with van der Waals surface area (Å²) in [5.74, 6) is 1.03. The van der Waals surface area contributed by atoms with Crippen molar-refractivity contribution >= 4 is 5.91 Å². The van der Waals surface area contributed by atoms with Gasteiger partial charge in [0.2, 0.25) is 5.91 Å². The van der Waals surface area contributed by atoms with E-state index < -0.39 is 0 Å². The number of amides is 1. The fraction of sp³-hybridized carbons (Fsp3) is 0.471. The zero-order valence-electron chi connectivity index (χ0n) is 12.6. The second-order valence-electron chi connectivity index (χ2n) is 5.27. The van der Waals surface area contributed by atoms with Gasteiger partial charge in [-0.15, -0.1) is 6.58 Å². The molecule has 2 rings (SSSR count). The van der Waals surface area contributed by atoms with Crippen LogP contribution in [0.25, 0.3) is 0 Å². The summed E-state index contributed by atoms with van der Waals surface area (Å²) in [4.78, 5) is 13.9. The molecule has 0 aliphatic carbocycles. The van der Waals surface area contributed by atoms with E-state index in [0.717, 1.165) is 24.2 Å². The Morgan fingerprint density at radius 1 is 1.52 bits per heavy atom. The van der Waals surface area contributed by atoms with Gasteiger partial charge in [0, 0.05) is 13.7 Å². The molecule has 114 valence electrons. The van der Waals surface area contributed by atoms with E-state index in [2.05, 4.69) is 6.58 Å². The van der Waals surface area contributed by atoms with Crippen molar-refractivity contribution in [3.8, 4) is 5.75 Å². The Morgan fingerprint density at radius 3 is 3.05 bits per heavy atom. The van der Waals surface area contributed by atoms with Crippen molar-refractivity contribution in [1.82, 2.24) is 4.90 Å². The minimum atomic E-state index is 0.0167. The number of benzene rings is 1. The van der Waals surface area contributed by atoms with Crippen molar-refractivity contribution in [2.45, 2.75) is 12.8 Å². The Hall–Kier alpha value is -1.81. The number of hydrogen-bond donors (Lipinski definition) is 0. The summed E-state index contributed by atoms with van der Waals surface area (Å²) in [6.45, 7) is 6.06. The molecular formula is C17H23NO3. The summed E-state index contributed by atoms with van der Waals surface area (Å²) >= 11 is 0. The summed E-state index contributed by atoms with van der Waals surface area (Å²) in [7, 11) is 1.82. The van der Waals surface area contributed by atoms with Crippen molar-refractivity contribution in [2.75, 3.05) is 33.4 Å². The minimum absolute atomic E-state index is 0.0167. The molecule has 21 heavy (non-hydrogen) atoms. The highest BCUT2D eigenvalue weighted by molar-refractivity contribution is 5.78. The number of likely N-dealkylation sites (N-methyl/N-ethyl adjacent to an activating group) is 1. The number of para-hydroxylation sites is 1. The summed E-state index contributed by atoms with van der Waals surface area (Å²) in [6.07, 6.45) is 3.47. The van der Waals surface area contributed by atoms with Gasteiger partial charge < -0.3 is 14.4 Å². The minimum Gasteiger partial charge on any atom is -0.491 e. The maximum absolute atomic E-state index is 12.1. The van der Waals surface area contributed by atoms with Crippen LogP contribution < -0.4 is 4.74 Å². The zero-order chi connectivity index (χ0) is 15.1. The molecule has 1 unspecified atom stereocenters. The highest BCUT2D eigenvalue weighted by atomic mass is 16.5. The molecule has 0 aromatic heterocycles. The average molecular weight is 289 g/mol. The second kappa shape index (κ2) is 7.84. The number of carbonyl (C=O) groups excluding carboxylic acids is 1. The molecule has 1 amide bonds. The van der Waals surface area contributed by atoms with E-state index in [1.54, 1.807) is 4.90 Å². The average Bonchev–Trinajstić information content (AvgIpc) is 3.02. The van der Waals surface area contributed by atoms with E-state index in [9.17, 15) is 4.79 Å². The molecule has 0 saturated carbocycles. The number of nitrogens with zero attached hydrogens (tertiary/aromatic N) is 1. The van der Waals surface area contributed by atoms with E-state index in [1.807, 2.05) is 37.4 Å². The van der Waals surface area contributed by atoms with Crippen molar-refractivity contribution in [3.63, 3.8) is 0 Å². The molecule has 1 fully saturated rings. The number of allylic oxidation sites excluding steroid dienone is 1. The molecule has 0 radical (unpaired) electrons. The number of carbonyl (C=O) groups is 1. The first-order valence-corrected chi connectivity index (χ1v) is 7.36. The Morgan fingerprint density at radius 2 is 2.33 bits per heavy atom. The van der Waals surface area contributed by atoms with Crippen LogP contribution in [0.15, 0.2) is 36.9 Å². The molecule has 1 aliphatic rings. The summed E-state index contributed by atoms with van der Waals surface area (Å²) in [5, 5.41) is 0. The fourth-order valence-electron chi connectivity index (χ4n) is 2.41. The van der Waals surface area contributed by atoms with Crippen molar-refractivity contribution in [1.29, 1.82) is 0 Å². The zero-order valence-corrected chi connectivity index (χ0v) is 12.6. The summed E-state index contributed by atoms with van der Waals surface area (Å²) < 4.78 is 11.1. The van der Waals surface area contributed by atoms with Gasteiger partial charge in [-0.1, -0.05) is 24.3 Å². The first-order valence-electron chi connectivity index (χ1n) is 7.36. The van der Waals surface area contributed by atoms with Crippen LogP contribution in [0.1, 0.15) is 12.0 Å². The maximum atomic E-state index is 12.1. The Labute approximate surface area is 126 Å². The Bertz CT molecular complexity index is 481. The molecule has 1 aliphatic heterocycles. The first kappa shape index (κ1) is 15.6. The highest BCUT2D eigenvalue weighted by Crippen LogP contribution is 2.19. The van der Waals surface area contributed by atoms with Gasteiger partial charge in [0.1, 0.15) is 12.4 Å². The van der Waals surface area contributed by atoms with Crippen molar-refractivity contribution in [3.05, 3.63) is 42.5 Å². The summed E-state index contributed by atoms with van der Waals surface area (Å²) in [5.41, 5.74) is 1.12. The lowest BCUT2D eigenvalue weighted by Crippen LogP contribution is -2.36. The quantitative estimate of drug-likeness (QED) is 0.723. The van der Waals surface area contributed by atoms with Crippen molar-refractivity contribution < 1.29 is 14.3 Å². The molecule has 4 heteroatoms. The molecule has 0 spiro atoms. The molecule has 1 aromatic carbocycles. The number of ether oxygens (including phenoxy) is 2. The Kier molecular flexibility index (Phi) is 5.81. The van der Waals surface area contributed by atoms with E-state index in [1.165, 1.54) is 0 Å². The molecular weight excluding hydrogens is 266 g/mol. The van der Waals surface area contributed by atoms with E-state index >= 15 is 0 Å². The monoisotopic (exact) mass is 289 g/mol. The van der Waals surface area contributed by atoms with Gasteiger partial charge >= 0.3 is 0 Å². The fourth-order valence-corrected chi connectivity index (χ4v) is 2.41. The molecule has 4 nitrogen and oxygen atoms in total. The van der Waals surface area contributed by atoms with Gasteiger partial charge in [-0.3, -0.25) is 4.79 Å². The molecule has 1 aromatic rings. The molecule has 1 atom stereocenters. The topological polar surface area (TPSA) is 38.8 Å². The third-order valence-corrected chi connectivity index (χ3v) is 3.68. The van der Waals surface area contributed by atoms with Gasteiger partial charge in [0.15, 0.2) is 0 Å². The van der Waals surface area contributed by atoms with E-state index in [0.29, 0.717) is 26.4 Å². The molecule has 1 heterocycles. The predicted molar refractivity (Wildman–Crippen MR) is 82.4 cm³/mol. The third-order valence-electron chi connectivity index (χ3n) is 3.68. The van der Waals surface area contributed by atoms with Crippen LogP contribution in [-0.4, -0.2) is 44.2 Å². The van der Waals surface area contributed by atoms with Crippen LogP contribution in [0.5, 0.6) is 5.75 Å². The van der Waals surface area contributed by atoms with Crippen LogP contribution in [0.2, 0.25) is 0 Å². The van der Waals surface area contributed by atoms with Crippen LogP contribution in [0.3, 0.4) is 0 Å². The summed E-state index contributed by atoms with van der Waals surface area (Å²) in [6, 6.07) is 7.92. The van der Waals surface area contributed by atoms with Crippen LogP contribution in [0, 0.1) is 5.92 Å². The van der Waals surface area contributed by atoms with Crippen LogP contribution >= 0.6 is 0 Å². The standard InChI is InChI=1S/C17H23NO3/c1-3-6-14-7-4-5-8-16(14)21-12-10-18(2)17(19)15-9-11-20-13-15/h3-5,7-8,15H,1,6,9-13H2,2H3. The number of rotatable bonds is 7. The van der Waals surface area contributed by atoms with Crippen LogP contribution in [0.4, 0.5) is 0 Å². The second-order valence-corrected chi connectivity index (χ2v) is 5.27. The normalized spacial score (nSPS) is 17.5. The van der Waals surface area contributed by atoms with Gasteiger partial charge in [-0.25, -0.2) is 0 Å². The maximum Gasteiger partial charge on any atom is 0.227 e. The SMILES string of the molecule is C=CCc1ccccc1OCCN(C)C(=O)C1CCOC1. The van der Waals surface area contributed by atoms with E-state index in [-0.39, 0.29) is 11.8 Å². The largest absolute Gasteiger partial charge is 0.491 e. The lowest BCUT2D eigenvalue weighted by Gasteiger charge is -2.20. The molecule has 0 N–H and O–H groups in total. The van der Waals surface area contributed by atoms with Gasteiger partial charge in [-0.05, 0) is 24.5 Å². The van der Waals surface area contributed by atoms with Gasteiger partial charge in [0.05, 0.1) is 19.1 Å². The Balaban J connectivity index is 1.80. The predicted octanol–water partition coefficient (Wildman–Crippen LogP) is 2.29. The van der Waals surface area contributed by atoms with Gasteiger partial charge in [0.25, 0.3) is 0 Å². The van der Waals surface area contributed by atoms with Crippen molar-refractivity contribution in [2.24, 2.45) is 5.92 Å². The third kappa shape index (κ3) is 4.33. The lowest BCUT2D eigenvalue weighted by atomic mass is 10.1. The smallest absolute Gasteiger partial charge is 0.227 e.